The predicted molar refractivity (Wildman–Crippen MR) is 150 cm³/mol. The van der Waals surface area contributed by atoms with Crippen LogP contribution in [0.4, 0.5) is 0 Å². The van der Waals surface area contributed by atoms with Crippen molar-refractivity contribution >= 4 is 11.9 Å². The number of allylic oxidation sites excluding steroid dienone is 4. The summed E-state index contributed by atoms with van der Waals surface area (Å²) in [7, 11) is 0. The first kappa shape index (κ1) is 24.9. The Morgan fingerprint density at radius 2 is 0.974 bits per heavy atom. The zero-order chi connectivity index (χ0) is 26.3. The monoisotopic (exact) mass is 522 g/mol. The van der Waals surface area contributed by atoms with E-state index in [0.717, 1.165) is 0 Å². The second-order valence-corrected chi connectivity index (χ2v) is 12.6. The largest absolute Gasteiger partial charge is 0.462 e. The second kappa shape index (κ2) is 10.4. The maximum Gasteiger partial charge on any atom is 0.338 e. The fourth-order valence-corrected chi connectivity index (χ4v) is 9.20. The van der Waals surface area contributed by atoms with Crippen molar-refractivity contribution < 1.29 is 19.1 Å². The molecule has 5 aliphatic rings. The Morgan fingerprint density at radius 3 is 1.41 bits per heavy atom. The number of benzene rings is 2. The van der Waals surface area contributed by atoms with Gasteiger partial charge in [-0.1, -0.05) is 60.7 Å². The fourth-order valence-electron chi connectivity index (χ4n) is 9.20. The lowest BCUT2D eigenvalue weighted by Gasteiger charge is -2.35. The fraction of sp³-hybridized carbons (Fsp3) is 0.486. The molecule has 39 heavy (non-hydrogen) atoms. The maximum absolute atomic E-state index is 12.7. The van der Waals surface area contributed by atoms with Gasteiger partial charge in [-0.15, -0.1) is 0 Å². The van der Waals surface area contributed by atoms with Crippen molar-refractivity contribution in [1.82, 2.24) is 0 Å². The van der Waals surface area contributed by atoms with Gasteiger partial charge >= 0.3 is 11.9 Å². The normalized spacial score (nSPS) is 37.4. The number of carbonyl (C=O) groups is 2. The van der Waals surface area contributed by atoms with Crippen LogP contribution in [0.15, 0.2) is 85.0 Å². The molecular weight excluding hydrogens is 484 g/mol. The van der Waals surface area contributed by atoms with E-state index in [1.165, 1.54) is 32.1 Å². The topological polar surface area (TPSA) is 52.6 Å². The summed E-state index contributed by atoms with van der Waals surface area (Å²) in [4.78, 5) is 25.4. The summed E-state index contributed by atoms with van der Waals surface area (Å²) in [6.45, 7) is 1.06. The minimum atomic E-state index is -0.202. The first-order valence-electron chi connectivity index (χ1n) is 15.0. The van der Waals surface area contributed by atoms with Gasteiger partial charge in [0.15, 0.2) is 0 Å². The van der Waals surface area contributed by atoms with Gasteiger partial charge in [-0.25, -0.2) is 9.59 Å². The lowest BCUT2D eigenvalue weighted by Crippen LogP contribution is -2.32. The number of rotatable bonds is 8. The second-order valence-electron chi connectivity index (χ2n) is 12.6. The molecule has 3 saturated carbocycles. The van der Waals surface area contributed by atoms with Crippen molar-refractivity contribution in [2.75, 3.05) is 13.2 Å². The Kier molecular flexibility index (Phi) is 6.66. The first-order valence-corrected chi connectivity index (χ1v) is 15.0. The summed E-state index contributed by atoms with van der Waals surface area (Å²) >= 11 is 0. The van der Waals surface area contributed by atoms with Crippen LogP contribution in [0, 0.1) is 59.2 Å². The highest BCUT2D eigenvalue weighted by atomic mass is 16.5. The summed E-state index contributed by atoms with van der Waals surface area (Å²) in [5.74, 6) is 5.38. The van der Waals surface area contributed by atoms with E-state index in [4.69, 9.17) is 9.47 Å². The van der Waals surface area contributed by atoms with Gasteiger partial charge in [-0.3, -0.25) is 0 Å². The van der Waals surface area contributed by atoms with Gasteiger partial charge in [0.05, 0.1) is 24.3 Å². The highest BCUT2D eigenvalue weighted by Gasteiger charge is 2.53. The number of esters is 2. The van der Waals surface area contributed by atoms with Gasteiger partial charge in [-0.05, 0) is 104 Å². The highest BCUT2D eigenvalue weighted by Crippen LogP contribution is 2.59. The molecule has 0 aromatic heterocycles. The van der Waals surface area contributed by atoms with Crippen molar-refractivity contribution in [3.05, 3.63) is 96.1 Å². The van der Waals surface area contributed by atoms with Gasteiger partial charge in [0.2, 0.25) is 0 Å². The van der Waals surface area contributed by atoms with Crippen LogP contribution < -0.4 is 0 Å². The van der Waals surface area contributed by atoms with Crippen molar-refractivity contribution in [1.29, 1.82) is 0 Å². The zero-order valence-corrected chi connectivity index (χ0v) is 22.4. The van der Waals surface area contributed by atoms with E-state index in [2.05, 4.69) is 24.3 Å². The minimum absolute atomic E-state index is 0.202. The molecule has 10 atom stereocenters. The third kappa shape index (κ3) is 4.66. The first-order chi connectivity index (χ1) is 19.2. The van der Waals surface area contributed by atoms with Crippen LogP contribution in [-0.4, -0.2) is 25.2 Å². The summed E-state index contributed by atoms with van der Waals surface area (Å²) in [6.07, 6.45) is 15.9. The van der Waals surface area contributed by atoms with Crippen LogP contribution in [-0.2, 0) is 9.47 Å². The summed E-state index contributed by atoms with van der Waals surface area (Å²) < 4.78 is 11.8. The number of hydrogen-bond donors (Lipinski definition) is 0. The Balaban J connectivity index is 1.00. The van der Waals surface area contributed by atoms with Gasteiger partial charge in [0.25, 0.3) is 0 Å². The third-order valence-corrected chi connectivity index (χ3v) is 10.8. The molecule has 3 fully saturated rings. The molecule has 2 unspecified atom stereocenters. The van der Waals surface area contributed by atoms with Gasteiger partial charge in [-0.2, -0.15) is 0 Å². The lowest BCUT2D eigenvalue weighted by atomic mass is 9.71. The molecule has 202 valence electrons. The van der Waals surface area contributed by atoms with Crippen LogP contribution in [0.3, 0.4) is 0 Å². The molecule has 0 spiro atoms. The Hall–Kier alpha value is -3.14. The molecule has 5 aliphatic carbocycles. The molecule has 4 heteroatoms. The number of ether oxygens (including phenoxy) is 2. The number of carbonyl (C=O) groups excluding carboxylic acids is 2. The van der Waals surface area contributed by atoms with Crippen molar-refractivity contribution in [3.63, 3.8) is 0 Å². The average Bonchev–Trinajstić information content (AvgIpc) is 3.82. The molecule has 4 bridgehead atoms. The molecule has 0 amide bonds. The van der Waals surface area contributed by atoms with Gasteiger partial charge < -0.3 is 9.47 Å². The lowest BCUT2D eigenvalue weighted by molar-refractivity contribution is 0.0309. The minimum Gasteiger partial charge on any atom is -0.462 e. The van der Waals surface area contributed by atoms with E-state index in [1.807, 2.05) is 60.7 Å². The molecule has 0 heterocycles. The number of hydrogen-bond acceptors (Lipinski definition) is 4. The summed E-state index contributed by atoms with van der Waals surface area (Å²) in [6, 6.07) is 18.7. The molecule has 7 rings (SSSR count). The van der Waals surface area contributed by atoms with Crippen LogP contribution >= 0.6 is 0 Å². The van der Waals surface area contributed by atoms with E-state index in [9.17, 15) is 9.59 Å². The molecule has 0 aliphatic heterocycles. The molecule has 0 saturated heterocycles. The smallest absolute Gasteiger partial charge is 0.338 e. The van der Waals surface area contributed by atoms with E-state index in [1.54, 1.807) is 0 Å². The van der Waals surface area contributed by atoms with Crippen LogP contribution in [0.1, 0.15) is 52.8 Å². The van der Waals surface area contributed by atoms with E-state index < -0.39 is 0 Å². The summed E-state index contributed by atoms with van der Waals surface area (Å²) in [5, 5.41) is 0. The standard InChI is InChI=1S/C35H38O4/c36-34(22-7-3-1-4-8-22)38-20-30-24-11-13-26(17-24)32(30)28-15-16-29(19-28)33-27-14-12-25(18-27)31(33)21-39-35(37)23-9-5-2-6-10-23/h1-14,24-33H,15-21H2/t24-,25+,26+,27-,28?,29?,30+,31-,32-,33+. The Labute approximate surface area is 231 Å². The van der Waals surface area contributed by atoms with Crippen LogP contribution in [0.2, 0.25) is 0 Å². The molecule has 0 radical (unpaired) electrons. The molecule has 4 nitrogen and oxygen atoms in total. The Bertz CT molecular complexity index is 1150. The van der Waals surface area contributed by atoms with Gasteiger partial charge in [0.1, 0.15) is 0 Å². The maximum atomic E-state index is 12.7. The molecule has 2 aromatic carbocycles. The van der Waals surface area contributed by atoms with E-state index in [0.29, 0.717) is 83.5 Å². The predicted octanol–water partition coefficient (Wildman–Crippen LogP) is 6.99. The molecular formula is C35H38O4. The number of fused-ring (bicyclic) bond motifs is 4. The average molecular weight is 523 g/mol. The van der Waals surface area contributed by atoms with E-state index >= 15 is 0 Å². The molecule has 0 N–H and O–H groups in total. The quantitative estimate of drug-likeness (QED) is 0.277. The van der Waals surface area contributed by atoms with Crippen molar-refractivity contribution in [2.24, 2.45) is 59.2 Å². The van der Waals surface area contributed by atoms with E-state index in [-0.39, 0.29) is 11.9 Å². The van der Waals surface area contributed by atoms with Crippen molar-refractivity contribution in [3.8, 4) is 0 Å². The highest BCUT2D eigenvalue weighted by molar-refractivity contribution is 5.89. The third-order valence-electron chi connectivity index (χ3n) is 10.8. The van der Waals surface area contributed by atoms with Gasteiger partial charge in [0, 0.05) is 11.8 Å². The molecule has 2 aromatic rings. The van der Waals surface area contributed by atoms with Crippen molar-refractivity contribution in [2.45, 2.75) is 32.1 Å². The summed E-state index contributed by atoms with van der Waals surface area (Å²) in [5.41, 5.74) is 1.27. The SMILES string of the molecule is O=C(OC[C@@H]1[C@@H](C2CCC([C@H]3[C@H](COC(=O)c4ccccc4)[C@H]4C=C[C@@H]3C4)C2)[C@H]2C=C[C@@H]1C2)c1ccccc1. The van der Waals surface area contributed by atoms with Crippen LogP contribution in [0.5, 0.6) is 0 Å². The van der Waals surface area contributed by atoms with Crippen LogP contribution in [0.25, 0.3) is 0 Å². The Morgan fingerprint density at radius 1 is 0.564 bits per heavy atom. The zero-order valence-electron chi connectivity index (χ0n) is 22.4.